The van der Waals surface area contributed by atoms with E-state index in [-0.39, 0.29) is 49.6 Å². The van der Waals surface area contributed by atoms with Crippen LogP contribution in [0.15, 0.2) is 103 Å². The molecule has 2 heterocycles. The molecule has 0 bridgehead atoms. The molecule has 0 saturated carbocycles. The summed E-state index contributed by atoms with van der Waals surface area (Å²) in [5, 5.41) is 23.9. The minimum absolute atomic E-state index is 0.00694. The maximum Gasteiger partial charge on any atom is 0.255 e. The van der Waals surface area contributed by atoms with E-state index in [0.717, 1.165) is 36.3 Å². The van der Waals surface area contributed by atoms with Crippen molar-refractivity contribution in [3.05, 3.63) is 131 Å². The van der Waals surface area contributed by atoms with Gasteiger partial charge in [0.15, 0.2) is 0 Å². The summed E-state index contributed by atoms with van der Waals surface area (Å²) in [5.74, 6) is -2.67. The van der Waals surface area contributed by atoms with Gasteiger partial charge in [0.05, 0.1) is 31.8 Å². The van der Waals surface area contributed by atoms with Crippen LogP contribution in [0.25, 0.3) is 0 Å². The Bertz CT molecular complexity index is 2000. The van der Waals surface area contributed by atoms with Crippen molar-refractivity contribution in [3.63, 3.8) is 0 Å². The van der Waals surface area contributed by atoms with E-state index in [2.05, 4.69) is 31.5 Å². The van der Waals surface area contributed by atoms with Gasteiger partial charge < -0.3 is 41.2 Å². The first-order valence-electron chi connectivity index (χ1n) is 19.6. The largest absolute Gasteiger partial charge is 0.508 e. The monoisotopic (exact) mass is 790 g/mol. The van der Waals surface area contributed by atoms with E-state index in [1.165, 1.54) is 12.1 Å². The molecule has 4 aromatic rings. The maximum absolute atomic E-state index is 14.0. The molecule has 6 rings (SSSR count). The van der Waals surface area contributed by atoms with Gasteiger partial charge in [-0.3, -0.25) is 28.9 Å². The Hall–Kier alpha value is -6.25. The number of hydrogen-bond acceptors (Lipinski definition) is 9. The topological polar surface area (TPSA) is 187 Å². The number of nitrogens with one attached hydrogen (secondary N) is 5. The van der Waals surface area contributed by atoms with E-state index < -0.39 is 54.1 Å². The zero-order chi connectivity index (χ0) is 40.7. The molecule has 0 aliphatic carbocycles. The second-order valence-electron chi connectivity index (χ2n) is 14.4. The Labute approximate surface area is 337 Å². The molecule has 14 nitrogen and oxygen atoms in total. The summed E-state index contributed by atoms with van der Waals surface area (Å²) in [4.78, 5) is 71.4. The Morgan fingerprint density at radius 1 is 0.707 bits per heavy atom. The number of amides is 5. The van der Waals surface area contributed by atoms with Gasteiger partial charge in [-0.05, 0) is 52.9 Å². The van der Waals surface area contributed by atoms with Gasteiger partial charge in [-0.15, -0.1) is 0 Å². The summed E-state index contributed by atoms with van der Waals surface area (Å²) in [7, 11) is 0. The van der Waals surface area contributed by atoms with Crippen LogP contribution in [-0.2, 0) is 49.8 Å². The first kappa shape index (κ1) is 41.4. The SMILES string of the molecule is O=C1C[C@@H](C(=O)NCc2ccc(CN3CCOCC3)cc2)NC(=O)c2ccccc2OCCCNC(=O)[C@H](Cc2ccccc2)NC(=O)[C@H](Cc2ccc(O)cc2)N1. The molecule has 2 aliphatic rings. The van der Waals surface area contributed by atoms with Crippen molar-refractivity contribution in [3.8, 4) is 11.5 Å². The number of phenols is 1. The molecule has 1 saturated heterocycles. The van der Waals surface area contributed by atoms with Crippen molar-refractivity contribution >= 4 is 29.5 Å². The fourth-order valence-electron chi connectivity index (χ4n) is 6.75. The molecule has 6 N–H and O–H groups in total. The third-order valence-electron chi connectivity index (χ3n) is 9.96. The van der Waals surface area contributed by atoms with E-state index in [4.69, 9.17) is 9.47 Å². The molecule has 0 aromatic heterocycles. The van der Waals surface area contributed by atoms with Crippen LogP contribution >= 0.6 is 0 Å². The highest BCUT2D eigenvalue weighted by Gasteiger charge is 2.31. The molecule has 4 aromatic carbocycles. The molecular weight excluding hydrogens is 741 g/mol. The van der Waals surface area contributed by atoms with E-state index >= 15 is 0 Å². The number of carbonyl (C=O) groups excluding carboxylic acids is 5. The van der Waals surface area contributed by atoms with Gasteiger partial charge in [0.2, 0.25) is 23.6 Å². The van der Waals surface area contributed by atoms with Gasteiger partial charge in [-0.2, -0.15) is 0 Å². The van der Waals surface area contributed by atoms with E-state index in [1.807, 2.05) is 54.6 Å². The highest BCUT2D eigenvalue weighted by molar-refractivity contribution is 6.01. The number of ether oxygens (including phenoxy) is 2. The number of para-hydroxylation sites is 1. The molecule has 1 fully saturated rings. The molecule has 0 radical (unpaired) electrons. The van der Waals surface area contributed by atoms with Crippen LogP contribution in [0.4, 0.5) is 0 Å². The number of fused-ring (bicyclic) bond motifs is 1. The normalized spacial score (nSPS) is 20.1. The molecule has 58 heavy (non-hydrogen) atoms. The highest BCUT2D eigenvalue weighted by atomic mass is 16.5. The Morgan fingerprint density at radius 3 is 2.09 bits per heavy atom. The lowest BCUT2D eigenvalue weighted by Gasteiger charge is -2.26. The van der Waals surface area contributed by atoms with Crippen LogP contribution in [0.3, 0.4) is 0 Å². The summed E-state index contributed by atoms with van der Waals surface area (Å²) in [5.41, 5.74) is 3.56. The fraction of sp³-hybridized carbons (Fsp3) is 0.341. The molecule has 0 unspecified atom stereocenters. The minimum atomic E-state index is -1.34. The van der Waals surface area contributed by atoms with Crippen LogP contribution in [0.2, 0.25) is 0 Å². The molecular formula is C44H50N6O8. The molecule has 0 spiro atoms. The van der Waals surface area contributed by atoms with E-state index in [0.29, 0.717) is 25.2 Å². The number of rotatable bonds is 9. The maximum atomic E-state index is 14.0. The van der Waals surface area contributed by atoms with Crippen LogP contribution in [-0.4, -0.2) is 97.1 Å². The van der Waals surface area contributed by atoms with Gasteiger partial charge in [0, 0.05) is 45.6 Å². The van der Waals surface area contributed by atoms with Crippen molar-refractivity contribution in [1.82, 2.24) is 31.5 Å². The second kappa shape index (κ2) is 20.8. The van der Waals surface area contributed by atoms with Crippen LogP contribution in [0.5, 0.6) is 11.5 Å². The number of morpholine rings is 1. The van der Waals surface area contributed by atoms with Gasteiger partial charge in [-0.1, -0.05) is 78.9 Å². The average molecular weight is 791 g/mol. The predicted molar refractivity (Wildman–Crippen MR) is 216 cm³/mol. The van der Waals surface area contributed by atoms with Crippen molar-refractivity contribution in [2.75, 3.05) is 39.5 Å². The smallest absolute Gasteiger partial charge is 0.255 e. The lowest BCUT2D eigenvalue weighted by Crippen LogP contribution is -2.56. The summed E-state index contributed by atoms with van der Waals surface area (Å²) in [6.07, 6.45) is 0.0822. The number of aromatic hydroxyl groups is 1. The zero-order valence-corrected chi connectivity index (χ0v) is 32.3. The lowest BCUT2D eigenvalue weighted by molar-refractivity contribution is -0.133. The molecule has 2 aliphatic heterocycles. The molecule has 5 amide bonds. The van der Waals surface area contributed by atoms with Crippen LogP contribution in [0, 0.1) is 0 Å². The van der Waals surface area contributed by atoms with E-state index in [9.17, 15) is 29.1 Å². The quantitative estimate of drug-likeness (QED) is 0.148. The van der Waals surface area contributed by atoms with Gasteiger partial charge in [0.1, 0.15) is 29.6 Å². The van der Waals surface area contributed by atoms with Crippen molar-refractivity contribution in [1.29, 1.82) is 0 Å². The van der Waals surface area contributed by atoms with E-state index in [1.54, 1.807) is 36.4 Å². The van der Waals surface area contributed by atoms with Gasteiger partial charge >= 0.3 is 0 Å². The first-order valence-corrected chi connectivity index (χ1v) is 19.6. The number of nitrogens with zero attached hydrogens (tertiary/aromatic N) is 1. The van der Waals surface area contributed by atoms with Crippen molar-refractivity contribution in [2.24, 2.45) is 0 Å². The number of phenolic OH excluding ortho intramolecular Hbond substituents is 1. The molecule has 304 valence electrons. The lowest BCUT2D eigenvalue weighted by atomic mass is 10.0. The standard InChI is InChI=1S/C44H50N6O8/c51-34-17-15-31(16-18-34)26-37-44(56)49-36(25-30-7-2-1-3-8-30)42(54)45-19-6-22-58-39-10-5-4-9-35(39)41(53)48-38(27-40(52)47-37)43(55)46-28-32-11-13-33(14-12-32)29-50-20-23-57-24-21-50/h1-5,7-18,36-38,51H,6,19-29H2,(H,45,54)(H,46,55)(H,47,52)(H,48,53)(H,49,56)/t36-,37-,38-/m0/s1. The average Bonchev–Trinajstić information content (AvgIpc) is 3.23. The molecule has 3 atom stereocenters. The van der Waals surface area contributed by atoms with Crippen LogP contribution < -0.4 is 31.3 Å². The summed E-state index contributed by atoms with van der Waals surface area (Å²) >= 11 is 0. The van der Waals surface area contributed by atoms with Gasteiger partial charge in [-0.25, -0.2) is 0 Å². The van der Waals surface area contributed by atoms with Crippen molar-refractivity contribution < 1.29 is 38.6 Å². The zero-order valence-electron chi connectivity index (χ0n) is 32.3. The number of benzene rings is 4. The number of carbonyl (C=O) groups is 5. The Kier molecular flexibility index (Phi) is 14.8. The molecule has 14 heteroatoms. The van der Waals surface area contributed by atoms with Crippen molar-refractivity contribution in [2.45, 2.75) is 56.9 Å². The Morgan fingerprint density at radius 2 is 1.34 bits per heavy atom. The fourth-order valence-corrected chi connectivity index (χ4v) is 6.75. The summed E-state index contributed by atoms with van der Waals surface area (Å²) < 4.78 is 11.4. The Balaban J connectivity index is 1.23. The second-order valence-corrected chi connectivity index (χ2v) is 14.4. The third kappa shape index (κ3) is 12.4. The third-order valence-corrected chi connectivity index (χ3v) is 9.96. The first-order chi connectivity index (χ1) is 28.2. The predicted octanol–water partition coefficient (Wildman–Crippen LogP) is 2.38. The minimum Gasteiger partial charge on any atom is -0.508 e. The van der Waals surface area contributed by atoms with Crippen LogP contribution in [0.1, 0.15) is 45.5 Å². The summed E-state index contributed by atoms with van der Waals surface area (Å²) in [6.45, 7) is 4.45. The highest BCUT2D eigenvalue weighted by Crippen LogP contribution is 2.19. The number of hydrogen-bond donors (Lipinski definition) is 6. The van der Waals surface area contributed by atoms with Gasteiger partial charge in [0.25, 0.3) is 5.91 Å². The summed E-state index contributed by atoms with van der Waals surface area (Å²) in [6, 6.07) is 26.4.